The number of aromatic amines is 1. The van der Waals surface area contributed by atoms with Crippen LogP contribution in [0.2, 0.25) is 0 Å². The Balaban J connectivity index is 1.65. The molecule has 1 aliphatic rings. The summed E-state index contributed by atoms with van der Waals surface area (Å²) in [5.41, 5.74) is 1.93. The smallest absolute Gasteiger partial charge is 0.159 e. The number of benzene rings is 1. The zero-order chi connectivity index (χ0) is 18.6. The molecule has 2 heterocycles. The van der Waals surface area contributed by atoms with E-state index < -0.39 is 11.6 Å². The molecule has 1 saturated carbocycles. The van der Waals surface area contributed by atoms with Crippen LogP contribution in [0.3, 0.4) is 0 Å². The minimum Gasteiger partial charge on any atom is -0.327 e. The van der Waals surface area contributed by atoms with Gasteiger partial charge in [0.1, 0.15) is 5.82 Å². The minimum atomic E-state index is -0.625. The Labute approximate surface area is 160 Å². The summed E-state index contributed by atoms with van der Waals surface area (Å²) < 4.78 is 32.8. The largest absolute Gasteiger partial charge is 0.327 e. The standard InChI is InChI=1S/C20H20F2N4S/c21-16-6-7-17(26-27-14-4-2-1-3-5-14)19(22)18(16)20-15(12-24-25-20)13-8-10-23-11-9-13/h6-12,14,26H,1-5H2,(H,24,25). The Morgan fingerprint density at radius 1 is 1.04 bits per heavy atom. The third-order valence-electron chi connectivity index (χ3n) is 4.86. The molecule has 0 radical (unpaired) electrons. The highest BCUT2D eigenvalue weighted by atomic mass is 32.2. The number of anilines is 1. The summed E-state index contributed by atoms with van der Waals surface area (Å²) in [4.78, 5) is 3.98. The van der Waals surface area contributed by atoms with Crippen LogP contribution in [0.1, 0.15) is 32.1 Å². The summed E-state index contributed by atoms with van der Waals surface area (Å²) in [6, 6.07) is 6.31. The van der Waals surface area contributed by atoms with Gasteiger partial charge in [0.2, 0.25) is 0 Å². The van der Waals surface area contributed by atoms with E-state index in [0.29, 0.717) is 16.5 Å². The maximum atomic E-state index is 15.2. The maximum absolute atomic E-state index is 15.2. The van der Waals surface area contributed by atoms with E-state index in [0.717, 1.165) is 18.4 Å². The first-order chi connectivity index (χ1) is 13.2. The summed E-state index contributed by atoms with van der Waals surface area (Å²) in [6.45, 7) is 0. The minimum absolute atomic E-state index is 0.103. The van der Waals surface area contributed by atoms with Crippen LogP contribution in [0.15, 0.2) is 42.9 Å². The molecule has 1 fully saturated rings. The Morgan fingerprint density at radius 3 is 2.59 bits per heavy atom. The van der Waals surface area contributed by atoms with Gasteiger partial charge in [-0.1, -0.05) is 19.3 Å². The quantitative estimate of drug-likeness (QED) is 0.543. The predicted molar refractivity (Wildman–Crippen MR) is 105 cm³/mol. The summed E-state index contributed by atoms with van der Waals surface area (Å²) in [5, 5.41) is 7.22. The van der Waals surface area contributed by atoms with Gasteiger partial charge in [-0.15, -0.1) is 0 Å². The van der Waals surface area contributed by atoms with Gasteiger partial charge in [-0.2, -0.15) is 5.10 Å². The van der Waals surface area contributed by atoms with Gasteiger partial charge in [0.15, 0.2) is 5.82 Å². The van der Waals surface area contributed by atoms with Crippen molar-refractivity contribution in [2.75, 3.05) is 4.72 Å². The third kappa shape index (κ3) is 3.83. The molecule has 1 aromatic carbocycles. The SMILES string of the molecule is Fc1ccc(NSC2CCCCC2)c(F)c1-c1[nH]ncc1-c1ccncc1. The lowest BCUT2D eigenvalue weighted by Crippen LogP contribution is -2.11. The average Bonchev–Trinajstić information content (AvgIpc) is 3.18. The Kier molecular flexibility index (Phi) is 5.38. The van der Waals surface area contributed by atoms with Gasteiger partial charge in [-0.25, -0.2) is 8.78 Å². The number of nitrogens with zero attached hydrogens (tertiary/aromatic N) is 2. The molecule has 3 aromatic rings. The molecule has 0 unspecified atom stereocenters. The number of pyridine rings is 1. The van der Waals surface area contributed by atoms with Gasteiger partial charge in [-0.05, 0) is 54.6 Å². The van der Waals surface area contributed by atoms with E-state index in [1.54, 1.807) is 30.7 Å². The highest BCUT2D eigenvalue weighted by Crippen LogP contribution is 2.37. The lowest BCUT2D eigenvalue weighted by molar-refractivity contribution is 0.516. The van der Waals surface area contributed by atoms with E-state index in [9.17, 15) is 4.39 Å². The second-order valence-corrected chi connectivity index (χ2v) is 7.76. The number of rotatable bonds is 5. The van der Waals surface area contributed by atoms with Crippen molar-refractivity contribution in [2.24, 2.45) is 0 Å². The van der Waals surface area contributed by atoms with Crippen LogP contribution < -0.4 is 4.72 Å². The van der Waals surface area contributed by atoms with Crippen LogP contribution in [0.4, 0.5) is 14.5 Å². The van der Waals surface area contributed by atoms with Gasteiger partial charge in [0, 0.05) is 23.2 Å². The first kappa shape index (κ1) is 18.0. The van der Waals surface area contributed by atoms with Crippen LogP contribution >= 0.6 is 11.9 Å². The molecule has 27 heavy (non-hydrogen) atoms. The van der Waals surface area contributed by atoms with Gasteiger partial charge >= 0.3 is 0 Å². The fourth-order valence-electron chi connectivity index (χ4n) is 3.42. The normalized spacial score (nSPS) is 15.0. The van der Waals surface area contributed by atoms with Crippen LogP contribution in [0.25, 0.3) is 22.4 Å². The fraction of sp³-hybridized carbons (Fsp3) is 0.300. The Hall–Kier alpha value is -2.41. The first-order valence-electron chi connectivity index (χ1n) is 9.08. The number of halogens is 2. The third-order valence-corrected chi connectivity index (χ3v) is 6.00. The van der Waals surface area contributed by atoms with Gasteiger partial charge in [-0.3, -0.25) is 10.1 Å². The molecule has 0 spiro atoms. The molecule has 0 atom stereocenters. The Morgan fingerprint density at radius 2 is 1.81 bits per heavy atom. The van der Waals surface area contributed by atoms with Crippen molar-refractivity contribution >= 4 is 17.6 Å². The van der Waals surface area contributed by atoms with Crippen molar-refractivity contribution in [1.82, 2.24) is 15.2 Å². The van der Waals surface area contributed by atoms with Crippen LogP contribution in [-0.4, -0.2) is 20.4 Å². The van der Waals surface area contributed by atoms with Crippen LogP contribution in [-0.2, 0) is 0 Å². The van der Waals surface area contributed by atoms with E-state index in [1.165, 1.54) is 43.3 Å². The second kappa shape index (κ2) is 8.08. The van der Waals surface area contributed by atoms with E-state index in [1.807, 2.05) is 0 Å². The summed E-state index contributed by atoms with van der Waals surface area (Å²) in [6.07, 6.45) is 10.8. The molecule has 140 valence electrons. The molecule has 0 saturated heterocycles. The molecule has 7 heteroatoms. The number of hydrogen-bond donors (Lipinski definition) is 2. The van der Waals surface area contributed by atoms with Crippen molar-refractivity contribution in [1.29, 1.82) is 0 Å². The lowest BCUT2D eigenvalue weighted by atomic mass is 10.0. The molecule has 2 aromatic heterocycles. The molecule has 4 nitrogen and oxygen atoms in total. The number of aromatic nitrogens is 3. The molecule has 0 aliphatic heterocycles. The molecule has 1 aliphatic carbocycles. The Bertz CT molecular complexity index is 908. The van der Waals surface area contributed by atoms with E-state index >= 15 is 4.39 Å². The fourth-order valence-corrected chi connectivity index (χ4v) is 4.44. The zero-order valence-corrected chi connectivity index (χ0v) is 15.5. The van der Waals surface area contributed by atoms with Crippen molar-refractivity contribution in [3.8, 4) is 22.4 Å². The first-order valence-corrected chi connectivity index (χ1v) is 9.96. The van der Waals surface area contributed by atoms with Crippen molar-refractivity contribution in [2.45, 2.75) is 37.4 Å². The predicted octanol–water partition coefficient (Wildman–Crippen LogP) is 5.81. The van der Waals surface area contributed by atoms with Crippen LogP contribution in [0.5, 0.6) is 0 Å². The van der Waals surface area contributed by atoms with Gasteiger partial charge < -0.3 is 4.72 Å². The maximum Gasteiger partial charge on any atom is 0.159 e. The summed E-state index contributed by atoms with van der Waals surface area (Å²) in [5.74, 6) is -1.24. The van der Waals surface area contributed by atoms with Gasteiger partial charge in [0.25, 0.3) is 0 Å². The average molecular weight is 386 g/mol. The number of nitrogens with one attached hydrogen (secondary N) is 2. The highest BCUT2D eigenvalue weighted by Gasteiger charge is 2.22. The van der Waals surface area contributed by atoms with E-state index in [-0.39, 0.29) is 11.3 Å². The van der Waals surface area contributed by atoms with E-state index in [4.69, 9.17) is 0 Å². The lowest BCUT2D eigenvalue weighted by Gasteiger charge is -2.21. The topological polar surface area (TPSA) is 53.6 Å². The van der Waals surface area contributed by atoms with E-state index in [2.05, 4.69) is 19.9 Å². The van der Waals surface area contributed by atoms with Crippen LogP contribution in [0, 0.1) is 11.6 Å². The number of hydrogen-bond acceptors (Lipinski definition) is 4. The molecular weight excluding hydrogens is 366 g/mol. The van der Waals surface area contributed by atoms with Crippen molar-refractivity contribution < 1.29 is 8.78 Å². The highest BCUT2D eigenvalue weighted by molar-refractivity contribution is 8.01. The van der Waals surface area contributed by atoms with Gasteiger partial charge in [0.05, 0.1) is 23.1 Å². The molecule has 4 rings (SSSR count). The van der Waals surface area contributed by atoms with Crippen molar-refractivity contribution in [3.63, 3.8) is 0 Å². The van der Waals surface area contributed by atoms with Crippen molar-refractivity contribution in [3.05, 3.63) is 54.5 Å². The number of H-pyrrole nitrogens is 1. The molecular formula is C20H20F2N4S. The second-order valence-electron chi connectivity index (χ2n) is 6.66. The summed E-state index contributed by atoms with van der Waals surface area (Å²) >= 11 is 1.53. The zero-order valence-electron chi connectivity index (χ0n) is 14.7. The summed E-state index contributed by atoms with van der Waals surface area (Å²) in [7, 11) is 0. The molecule has 0 amide bonds. The molecule has 2 N–H and O–H groups in total. The monoisotopic (exact) mass is 386 g/mol. The molecule has 0 bridgehead atoms.